The minimum Gasteiger partial charge on any atom is -0.319 e. The molecular weight excluding hydrogens is 406 g/mol. The van der Waals surface area contributed by atoms with Crippen molar-refractivity contribution in [2.24, 2.45) is 0 Å². The topological polar surface area (TPSA) is 67.2 Å². The van der Waals surface area contributed by atoms with Crippen molar-refractivity contribution in [2.45, 2.75) is 6.54 Å². The Morgan fingerprint density at radius 3 is 2.41 bits per heavy atom. The summed E-state index contributed by atoms with van der Waals surface area (Å²) in [6.45, 7) is 0.683. The van der Waals surface area contributed by atoms with E-state index in [-0.39, 0.29) is 0 Å². The number of para-hydroxylation sites is 2. The van der Waals surface area contributed by atoms with Gasteiger partial charge in [0.1, 0.15) is 5.82 Å². The Morgan fingerprint density at radius 2 is 1.70 bits per heavy atom. The van der Waals surface area contributed by atoms with Crippen molar-refractivity contribution in [1.29, 1.82) is 0 Å². The number of nitrogens with one attached hydrogen (secondary N) is 1. The molecular formula is C21H16BrN3O2. The summed E-state index contributed by atoms with van der Waals surface area (Å²) in [5, 5.41) is 8.78. The summed E-state index contributed by atoms with van der Waals surface area (Å²) in [6.07, 6.45) is 0. The average Bonchev–Trinajstić information content (AvgIpc) is 3.08. The minimum atomic E-state index is -0.537. The highest BCUT2D eigenvalue weighted by Crippen LogP contribution is 2.26. The van der Waals surface area contributed by atoms with Crippen LogP contribution >= 0.6 is 15.9 Å². The molecule has 0 aliphatic rings. The lowest BCUT2D eigenvalue weighted by molar-refractivity contribution is 0.0706. The van der Waals surface area contributed by atoms with Crippen molar-refractivity contribution < 1.29 is 10.0 Å². The summed E-state index contributed by atoms with van der Waals surface area (Å²) >= 11 is 3.47. The summed E-state index contributed by atoms with van der Waals surface area (Å²) in [7, 11) is 0. The molecule has 0 fully saturated rings. The molecule has 0 bridgehead atoms. The number of carbonyl (C=O) groups excluding carboxylic acids is 1. The Morgan fingerprint density at radius 1 is 1.00 bits per heavy atom. The van der Waals surface area contributed by atoms with Crippen molar-refractivity contribution in [3.05, 3.63) is 88.4 Å². The molecule has 4 rings (SSSR count). The number of halogens is 1. The standard InChI is InChI=1S/C21H16BrN3O2/c22-17-11-5-14(6-12-17)13-25-19-4-2-1-3-18(19)23-20(25)15-7-9-16(10-8-15)21(26)24-27/h1-12,27H,13H2,(H,24,26). The van der Waals surface area contributed by atoms with Gasteiger partial charge in [-0.25, -0.2) is 10.5 Å². The van der Waals surface area contributed by atoms with Crippen LogP contribution in [0.5, 0.6) is 0 Å². The van der Waals surface area contributed by atoms with E-state index in [2.05, 4.69) is 38.7 Å². The molecule has 2 N–H and O–H groups in total. The third-order valence-electron chi connectivity index (χ3n) is 4.42. The lowest BCUT2D eigenvalue weighted by atomic mass is 10.1. The Bertz CT molecular complexity index is 1100. The molecule has 1 aromatic heterocycles. The van der Waals surface area contributed by atoms with Crippen molar-refractivity contribution in [3.63, 3.8) is 0 Å². The smallest absolute Gasteiger partial charge is 0.274 e. The fourth-order valence-electron chi connectivity index (χ4n) is 3.06. The van der Waals surface area contributed by atoms with Crippen LogP contribution in [0.4, 0.5) is 0 Å². The molecule has 0 unspecified atom stereocenters. The zero-order valence-electron chi connectivity index (χ0n) is 14.3. The SMILES string of the molecule is O=C(NO)c1ccc(-c2nc3ccccc3n2Cc2ccc(Br)cc2)cc1. The highest BCUT2D eigenvalue weighted by molar-refractivity contribution is 9.10. The van der Waals surface area contributed by atoms with Gasteiger partial charge in [0.2, 0.25) is 0 Å². The third kappa shape index (κ3) is 3.49. The number of hydrogen-bond donors (Lipinski definition) is 2. The minimum absolute atomic E-state index is 0.386. The first-order valence-electron chi connectivity index (χ1n) is 8.40. The van der Waals surface area contributed by atoms with Gasteiger partial charge in [0.25, 0.3) is 5.91 Å². The predicted octanol–water partition coefficient (Wildman–Crippen LogP) is 4.63. The Kier molecular flexibility index (Phi) is 4.75. The molecule has 0 aliphatic carbocycles. The van der Waals surface area contributed by atoms with Crippen LogP contribution in [-0.4, -0.2) is 20.7 Å². The molecule has 0 spiro atoms. The van der Waals surface area contributed by atoms with Crippen molar-refractivity contribution in [1.82, 2.24) is 15.0 Å². The maximum absolute atomic E-state index is 11.6. The maximum atomic E-state index is 11.6. The molecule has 1 heterocycles. The molecule has 0 aliphatic heterocycles. The number of hydroxylamine groups is 1. The zero-order chi connectivity index (χ0) is 18.8. The van der Waals surface area contributed by atoms with Gasteiger partial charge in [-0.3, -0.25) is 10.0 Å². The van der Waals surface area contributed by atoms with Gasteiger partial charge < -0.3 is 4.57 Å². The first kappa shape index (κ1) is 17.5. The molecule has 4 aromatic rings. The number of fused-ring (bicyclic) bond motifs is 1. The molecule has 0 saturated heterocycles. The predicted molar refractivity (Wildman–Crippen MR) is 108 cm³/mol. The second kappa shape index (κ2) is 7.34. The first-order chi connectivity index (χ1) is 13.2. The lowest BCUT2D eigenvalue weighted by Gasteiger charge is -2.10. The van der Waals surface area contributed by atoms with E-state index < -0.39 is 5.91 Å². The van der Waals surface area contributed by atoms with E-state index in [4.69, 9.17) is 10.2 Å². The molecule has 5 nitrogen and oxygen atoms in total. The second-order valence-corrected chi connectivity index (χ2v) is 7.07. The van der Waals surface area contributed by atoms with Gasteiger partial charge in [-0.05, 0) is 42.0 Å². The molecule has 134 valence electrons. The van der Waals surface area contributed by atoms with Crippen molar-refractivity contribution >= 4 is 32.9 Å². The monoisotopic (exact) mass is 421 g/mol. The summed E-state index contributed by atoms with van der Waals surface area (Å²) in [6, 6.07) is 23.2. The first-order valence-corrected chi connectivity index (χ1v) is 9.19. The van der Waals surface area contributed by atoms with Crippen molar-refractivity contribution in [3.8, 4) is 11.4 Å². The summed E-state index contributed by atoms with van der Waals surface area (Å²) in [5.41, 5.74) is 6.07. The zero-order valence-corrected chi connectivity index (χ0v) is 15.8. The highest BCUT2D eigenvalue weighted by Gasteiger charge is 2.13. The van der Waals surface area contributed by atoms with E-state index in [0.717, 1.165) is 26.9 Å². The quantitative estimate of drug-likeness (QED) is 0.372. The van der Waals surface area contributed by atoms with Gasteiger partial charge in [0.15, 0.2) is 0 Å². The maximum Gasteiger partial charge on any atom is 0.274 e. The summed E-state index contributed by atoms with van der Waals surface area (Å²) < 4.78 is 3.21. The molecule has 27 heavy (non-hydrogen) atoms. The number of rotatable bonds is 4. The van der Waals surface area contributed by atoms with Gasteiger partial charge in [-0.15, -0.1) is 0 Å². The van der Waals surface area contributed by atoms with E-state index in [1.807, 2.05) is 42.5 Å². The third-order valence-corrected chi connectivity index (χ3v) is 4.94. The number of carbonyl (C=O) groups is 1. The van der Waals surface area contributed by atoms with Gasteiger partial charge in [0, 0.05) is 22.1 Å². The van der Waals surface area contributed by atoms with Crippen LogP contribution in [0.1, 0.15) is 15.9 Å². The Labute approximate surface area is 164 Å². The van der Waals surface area contributed by atoms with Gasteiger partial charge in [-0.2, -0.15) is 0 Å². The Hall–Kier alpha value is -2.96. The van der Waals surface area contributed by atoms with Crippen LogP contribution in [0.3, 0.4) is 0 Å². The average molecular weight is 422 g/mol. The van der Waals surface area contributed by atoms with Gasteiger partial charge in [0.05, 0.1) is 11.0 Å². The number of benzene rings is 3. The van der Waals surface area contributed by atoms with Gasteiger partial charge >= 0.3 is 0 Å². The summed E-state index contributed by atoms with van der Waals surface area (Å²) in [5.74, 6) is 0.292. The molecule has 0 saturated carbocycles. The summed E-state index contributed by atoms with van der Waals surface area (Å²) in [4.78, 5) is 16.3. The van der Waals surface area contributed by atoms with E-state index in [1.54, 1.807) is 17.6 Å². The fraction of sp³-hybridized carbons (Fsp3) is 0.0476. The number of hydrogen-bond acceptors (Lipinski definition) is 3. The highest BCUT2D eigenvalue weighted by atomic mass is 79.9. The number of aromatic nitrogens is 2. The second-order valence-electron chi connectivity index (χ2n) is 6.16. The van der Waals surface area contributed by atoms with Crippen LogP contribution in [0, 0.1) is 0 Å². The molecule has 1 amide bonds. The van der Waals surface area contributed by atoms with Crippen molar-refractivity contribution in [2.75, 3.05) is 0 Å². The van der Waals surface area contributed by atoms with Gasteiger partial charge in [-0.1, -0.05) is 52.3 Å². The number of nitrogens with zero attached hydrogens (tertiary/aromatic N) is 2. The lowest BCUT2D eigenvalue weighted by Crippen LogP contribution is -2.18. The molecule has 3 aromatic carbocycles. The number of imidazole rings is 1. The molecule has 0 radical (unpaired) electrons. The fourth-order valence-corrected chi connectivity index (χ4v) is 3.33. The molecule has 0 atom stereocenters. The van der Waals surface area contributed by atoms with E-state index >= 15 is 0 Å². The van der Waals surface area contributed by atoms with Crippen LogP contribution in [0.15, 0.2) is 77.3 Å². The normalized spacial score (nSPS) is 10.9. The largest absolute Gasteiger partial charge is 0.319 e. The number of amides is 1. The van der Waals surface area contributed by atoms with E-state index in [9.17, 15) is 4.79 Å². The van der Waals surface area contributed by atoms with E-state index in [1.165, 1.54) is 5.56 Å². The molecule has 6 heteroatoms. The van der Waals surface area contributed by atoms with Crippen LogP contribution in [-0.2, 0) is 6.54 Å². The van der Waals surface area contributed by atoms with E-state index in [0.29, 0.717) is 12.1 Å². The van der Waals surface area contributed by atoms with Crippen LogP contribution in [0.2, 0.25) is 0 Å². The van der Waals surface area contributed by atoms with Crippen LogP contribution in [0.25, 0.3) is 22.4 Å². The Balaban J connectivity index is 1.80. The van der Waals surface area contributed by atoms with Crippen LogP contribution < -0.4 is 5.48 Å².